The van der Waals surface area contributed by atoms with E-state index in [0.717, 1.165) is 42.7 Å². The van der Waals surface area contributed by atoms with Gasteiger partial charge in [0, 0.05) is 12.1 Å². The summed E-state index contributed by atoms with van der Waals surface area (Å²) in [6.45, 7) is 0. The van der Waals surface area contributed by atoms with Gasteiger partial charge in [0.2, 0.25) is 15.0 Å². The van der Waals surface area contributed by atoms with Crippen molar-refractivity contribution in [1.82, 2.24) is 15.4 Å². The molecule has 0 unspecified atom stereocenters. The molecule has 12 heteroatoms. The Labute approximate surface area is 181 Å². The SMILES string of the molecule is O=C(CCCS(=O)(=O)c1nc(-c2cccs2)cc(C(F)(F)F)n1)ONC1=CCCCC1. The zero-order valence-corrected chi connectivity index (χ0v) is 17.9. The van der Waals surface area contributed by atoms with Gasteiger partial charge in [0.1, 0.15) is 5.69 Å². The lowest BCUT2D eigenvalue weighted by Crippen LogP contribution is -2.21. The minimum atomic E-state index is -4.83. The van der Waals surface area contributed by atoms with E-state index in [1.54, 1.807) is 11.4 Å². The maximum absolute atomic E-state index is 13.2. The van der Waals surface area contributed by atoms with Crippen LogP contribution in [0, 0.1) is 0 Å². The summed E-state index contributed by atoms with van der Waals surface area (Å²) in [5.74, 6) is -1.25. The Morgan fingerprint density at radius 1 is 1.26 bits per heavy atom. The lowest BCUT2D eigenvalue weighted by molar-refractivity contribution is -0.149. The number of nitrogens with one attached hydrogen (secondary N) is 1. The van der Waals surface area contributed by atoms with Gasteiger partial charge in [-0.3, -0.25) is 0 Å². The highest BCUT2D eigenvalue weighted by molar-refractivity contribution is 7.91. The van der Waals surface area contributed by atoms with E-state index in [9.17, 15) is 26.4 Å². The third kappa shape index (κ3) is 6.50. The largest absolute Gasteiger partial charge is 0.433 e. The molecule has 0 spiro atoms. The zero-order chi connectivity index (χ0) is 22.5. The third-order valence-corrected chi connectivity index (χ3v) is 6.89. The van der Waals surface area contributed by atoms with Crippen LogP contribution < -0.4 is 5.48 Å². The van der Waals surface area contributed by atoms with E-state index >= 15 is 0 Å². The number of hydrogen-bond donors (Lipinski definition) is 1. The summed E-state index contributed by atoms with van der Waals surface area (Å²) < 4.78 is 64.8. The van der Waals surface area contributed by atoms with Gasteiger partial charge in [0.05, 0.1) is 16.3 Å². The van der Waals surface area contributed by atoms with Crippen LogP contribution >= 0.6 is 11.3 Å². The van der Waals surface area contributed by atoms with Crippen LogP contribution in [0.2, 0.25) is 0 Å². The number of rotatable bonds is 8. The number of hydroxylamine groups is 1. The van der Waals surface area contributed by atoms with Crippen molar-refractivity contribution in [1.29, 1.82) is 0 Å². The number of sulfone groups is 1. The van der Waals surface area contributed by atoms with Gasteiger partial charge in [-0.2, -0.15) is 13.2 Å². The first-order valence-corrected chi connectivity index (χ1v) is 12.1. The Balaban J connectivity index is 1.66. The number of allylic oxidation sites excluding steroid dienone is 2. The molecule has 1 aliphatic rings. The second-order valence-electron chi connectivity index (χ2n) is 6.87. The molecule has 2 aromatic heterocycles. The summed E-state index contributed by atoms with van der Waals surface area (Å²) in [6.07, 6.45) is 0.442. The Morgan fingerprint density at radius 2 is 2.06 bits per heavy atom. The first-order chi connectivity index (χ1) is 14.6. The Kier molecular flexibility index (Phi) is 7.31. The summed E-state index contributed by atoms with van der Waals surface area (Å²) in [7, 11) is -4.24. The van der Waals surface area contributed by atoms with Crippen LogP contribution in [-0.4, -0.2) is 30.1 Å². The van der Waals surface area contributed by atoms with Crippen LogP contribution in [0.3, 0.4) is 0 Å². The van der Waals surface area contributed by atoms with Gasteiger partial charge < -0.3 is 4.84 Å². The van der Waals surface area contributed by atoms with Crippen LogP contribution in [0.4, 0.5) is 13.2 Å². The predicted molar refractivity (Wildman–Crippen MR) is 107 cm³/mol. The van der Waals surface area contributed by atoms with Gasteiger partial charge in [0.25, 0.3) is 0 Å². The molecule has 1 aliphatic carbocycles. The molecule has 1 N–H and O–H groups in total. The maximum Gasteiger partial charge on any atom is 0.433 e. The Morgan fingerprint density at radius 3 is 2.71 bits per heavy atom. The fourth-order valence-corrected chi connectivity index (χ4v) is 4.73. The summed E-state index contributed by atoms with van der Waals surface area (Å²) in [6, 6.07) is 3.87. The maximum atomic E-state index is 13.2. The summed E-state index contributed by atoms with van der Waals surface area (Å²) in [4.78, 5) is 24.2. The van der Waals surface area contributed by atoms with E-state index in [-0.39, 0.29) is 18.5 Å². The van der Waals surface area contributed by atoms with Crippen molar-refractivity contribution in [3.05, 3.63) is 41.0 Å². The molecule has 3 rings (SSSR count). The van der Waals surface area contributed by atoms with Gasteiger partial charge in [-0.1, -0.05) is 12.1 Å². The molecular formula is C19H20F3N3O4S2. The van der Waals surface area contributed by atoms with E-state index in [0.29, 0.717) is 10.9 Å². The normalized spacial score (nSPS) is 14.7. The molecule has 0 radical (unpaired) electrons. The van der Waals surface area contributed by atoms with Gasteiger partial charge in [-0.15, -0.1) is 11.3 Å². The lowest BCUT2D eigenvalue weighted by atomic mass is 10.1. The molecule has 0 amide bonds. The number of halogens is 3. The molecule has 0 aliphatic heterocycles. The second-order valence-corrected chi connectivity index (χ2v) is 9.82. The smallest absolute Gasteiger partial charge is 0.344 e. The number of aromatic nitrogens is 2. The van der Waals surface area contributed by atoms with Crippen LogP contribution in [-0.2, 0) is 25.6 Å². The van der Waals surface area contributed by atoms with Crippen molar-refractivity contribution in [3.8, 4) is 10.6 Å². The summed E-state index contributed by atoms with van der Waals surface area (Å²) in [5, 5.41) is 0.728. The molecule has 0 bridgehead atoms. The molecule has 0 aromatic carbocycles. The molecular weight excluding hydrogens is 455 g/mol. The van der Waals surface area contributed by atoms with Crippen molar-refractivity contribution in [3.63, 3.8) is 0 Å². The molecule has 31 heavy (non-hydrogen) atoms. The van der Waals surface area contributed by atoms with E-state index in [2.05, 4.69) is 15.4 Å². The predicted octanol–water partition coefficient (Wildman–Crippen LogP) is 4.28. The quantitative estimate of drug-likeness (QED) is 0.449. The van der Waals surface area contributed by atoms with Gasteiger partial charge in [-0.05, 0) is 49.6 Å². The zero-order valence-electron chi connectivity index (χ0n) is 16.3. The van der Waals surface area contributed by atoms with Crippen LogP contribution in [0.15, 0.2) is 40.5 Å². The molecule has 2 heterocycles. The number of carbonyl (C=O) groups is 1. The molecule has 0 fully saturated rings. The monoisotopic (exact) mass is 475 g/mol. The highest BCUT2D eigenvalue weighted by atomic mass is 32.2. The summed E-state index contributed by atoms with van der Waals surface area (Å²) >= 11 is 1.13. The molecule has 0 atom stereocenters. The molecule has 0 saturated carbocycles. The van der Waals surface area contributed by atoms with Gasteiger partial charge >= 0.3 is 12.1 Å². The van der Waals surface area contributed by atoms with E-state index < -0.39 is 38.6 Å². The highest BCUT2D eigenvalue weighted by Gasteiger charge is 2.35. The first-order valence-electron chi connectivity index (χ1n) is 9.53. The third-order valence-electron chi connectivity index (χ3n) is 4.43. The van der Waals surface area contributed by atoms with Crippen LogP contribution in [0.25, 0.3) is 10.6 Å². The summed E-state index contributed by atoms with van der Waals surface area (Å²) in [5.41, 5.74) is 1.89. The van der Waals surface area contributed by atoms with Gasteiger partial charge in [0.15, 0.2) is 0 Å². The minimum Gasteiger partial charge on any atom is -0.344 e. The average Bonchev–Trinajstić information content (AvgIpc) is 3.27. The number of carbonyl (C=O) groups excluding carboxylic acids is 1. The fourth-order valence-electron chi connectivity index (χ4n) is 2.86. The topological polar surface area (TPSA) is 98.2 Å². The first kappa shape index (κ1) is 23.2. The van der Waals surface area contributed by atoms with Crippen molar-refractivity contribution in [2.24, 2.45) is 0 Å². The fraction of sp³-hybridized carbons (Fsp3) is 0.421. The second kappa shape index (κ2) is 9.77. The van der Waals surface area contributed by atoms with Gasteiger partial charge in [-0.25, -0.2) is 28.7 Å². The number of hydrogen-bond acceptors (Lipinski definition) is 8. The molecule has 168 valence electrons. The standard InChI is InChI=1S/C19H20F3N3O4S2/c20-19(21,22)16-12-14(15-8-4-10-30-15)23-18(24-16)31(27,28)11-5-9-17(26)29-25-13-6-2-1-3-7-13/h4,6,8,10,12,25H,1-3,5,7,9,11H2. The van der Waals surface area contributed by atoms with Crippen LogP contribution in [0.1, 0.15) is 44.2 Å². The van der Waals surface area contributed by atoms with Crippen LogP contribution in [0.5, 0.6) is 0 Å². The number of nitrogens with zero attached hydrogens (tertiary/aromatic N) is 2. The lowest BCUT2D eigenvalue weighted by Gasteiger charge is -2.14. The van der Waals surface area contributed by atoms with Crippen molar-refractivity contribution in [2.45, 2.75) is 49.9 Å². The number of thiophene rings is 1. The molecule has 0 saturated heterocycles. The molecule has 2 aromatic rings. The van der Waals surface area contributed by atoms with E-state index in [1.807, 2.05) is 6.08 Å². The van der Waals surface area contributed by atoms with Crippen molar-refractivity contribution < 1.29 is 31.2 Å². The highest BCUT2D eigenvalue weighted by Crippen LogP contribution is 2.32. The van der Waals surface area contributed by atoms with Crippen molar-refractivity contribution in [2.75, 3.05) is 5.75 Å². The molecule has 7 nitrogen and oxygen atoms in total. The van der Waals surface area contributed by atoms with E-state index in [1.165, 1.54) is 6.07 Å². The number of alkyl halides is 3. The Hall–Kier alpha value is -2.47. The average molecular weight is 476 g/mol. The van der Waals surface area contributed by atoms with E-state index in [4.69, 9.17) is 4.84 Å². The minimum absolute atomic E-state index is 0.125. The van der Waals surface area contributed by atoms with Crippen molar-refractivity contribution >= 4 is 27.1 Å². The Bertz CT molecular complexity index is 1050.